The van der Waals surface area contributed by atoms with Crippen molar-refractivity contribution in [2.24, 2.45) is 7.05 Å². The van der Waals surface area contributed by atoms with Crippen molar-refractivity contribution in [1.82, 2.24) is 14.5 Å². The van der Waals surface area contributed by atoms with Gasteiger partial charge in [-0.3, -0.25) is 4.90 Å². The van der Waals surface area contributed by atoms with Crippen LogP contribution in [0.3, 0.4) is 0 Å². The zero-order valence-electron chi connectivity index (χ0n) is 15.6. The molecule has 0 radical (unpaired) electrons. The monoisotopic (exact) mass is 398 g/mol. The van der Waals surface area contributed by atoms with Crippen LogP contribution in [0.4, 0.5) is 5.69 Å². The smallest absolute Gasteiger partial charge is 0.184 e. The molecule has 0 amide bonds. The third-order valence-corrected chi connectivity index (χ3v) is 6.10. The average Bonchev–Trinajstić information content (AvgIpc) is 2.96. The first-order valence-corrected chi connectivity index (χ1v) is 10.5. The molecule has 1 unspecified atom stereocenters. The van der Waals surface area contributed by atoms with Crippen molar-refractivity contribution in [1.29, 1.82) is 0 Å². The molecular formula is C20H22N4O3S. The van der Waals surface area contributed by atoms with Gasteiger partial charge in [-0.15, -0.1) is 0 Å². The summed E-state index contributed by atoms with van der Waals surface area (Å²) in [6.45, 7) is 2.62. The highest BCUT2D eigenvalue weighted by molar-refractivity contribution is 7.98. The minimum atomic E-state index is -3.68. The van der Waals surface area contributed by atoms with Crippen LogP contribution in [0.5, 0.6) is 5.75 Å². The third kappa shape index (κ3) is 4.09. The molecule has 2 aromatic carbocycles. The first kappa shape index (κ1) is 18.7. The first-order chi connectivity index (χ1) is 13.5. The van der Waals surface area contributed by atoms with Gasteiger partial charge in [-0.2, -0.15) is 0 Å². The number of nitrogens with one attached hydrogen (secondary N) is 1. The minimum Gasteiger partial charge on any atom is -0.588 e. The second-order valence-electron chi connectivity index (χ2n) is 6.75. The minimum absolute atomic E-state index is 0.188. The first-order valence-electron chi connectivity index (χ1n) is 9.03. The summed E-state index contributed by atoms with van der Waals surface area (Å²) in [7, 11) is -1.70. The Labute approximate surface area is 165 Å². The van der Waals surface area contributed by atoms with Crippen molar-refractivity contribution >= 4 is 16.1 Å². The van der Waals surface area contributed by atoms with Gasteiger partial charge in [-0.25, -0.2) is 9.71 Å². The number of rotatable bonds is 5. The molecule has 1 aliphatic heterocycles. The Balaban J connectivity index is 1.53. The molecule has 28 heavy (non-hydrogen) atoms. The van der Waals surface area contributed by atoms with Crippen molar-refractivity contribution < 1.29 is 13.5 Å². The van der Waals surface area contributed by atoms with Crippen LogP contribution in [0.25, 0.3) is 0 Å². The summed E-state index contributed by atoms with van der Waals surface area (Å²) in [4.78, 5) is 6.80. The molecular weight excluding hydrogens is 376 g/mol. The molecule has 0 aliphatic carbocycles. The van der Waals surface area contributed by atoms with E-state index in [4.69, 9.17) is 4.74 Å². The molecule has 3 aromatic rings. The molecule has 0 saturated carbocycles. The lowest BCUT2D eigenvalue weighted by molar-refractivity contribution is 0.214. The van der Waals surface area contributed by atoms with Crippen LogP contribution >= 0.6 is 0 Å². The molecule has 0 spiro atoms. The fraction of sp³-hybridized carbons (Fsp3) is 0.250. The van der Waals surface area contributed by atoms with Crippen LogP contribution in [0, 0.1) is 0 Å². The number of ether oxygens (including phenoxy) is 1. The highest BCUT2D eigenvalue weighted by Crippen LogP contribution is 2.29. The number of benzene rings is 2. The highest BCUT2D eigenvalue weighted by atomic mass is 32.3. The van der Waals surface area contributed by atoms with Crippen LogP contribution in [0.1, 0.15) is 11.4 Å². The highest BCUT2D eigenvalue weighted by Gasteiger charge is 2.24. The van der Waals surface area contributed by atoms with E-state index in [9.17, 15) is 8.76 Å². The van der Waals surface area contributed by atoms with Crippen molar-refractivity contribution in [3.8, 4) is 5.75 Å². The number of aromatic nitrogens is 2. The van der Waals surface area contributed by atoms with Gasteiger partial charge >= 0.3 is 0 Å². The Morgan fingerprint density at radius 3 is 2.82 bits per heavy atom. The molecule has 7 nitrogen and oxygen atoms in total. The largest absolute Gasteiger partial charge is 0.588 e. The van der Waals surface area contributed by atoms with Gasteiger partial charge in [-0.05, 0) is 24.3 Å². The maximum absolute atomic E-state index is 12.7. The van der Waals surface area contributed by atoms with Gasteiger partial charge < -0.3 is 13.9 Å². The predicted octanol–water partition coefficient (Wildman–Crippen LogP) is 2.83. The number of anilines is 1. The van der Waals surface area contributed by atoms with Gasteiger partial charge in [0.25, 0.3) is 0 Å². The number of aryl methyl sites for hydroxylation is 1. The van der Waals surface area contributed by atoms with E-state index in [1.54, 1.807) is 42.6 Å². The van der Waals surface area contributed by atoms with E-state index in [0.29, 0.717) is 31.1 Å². The number of para-hydroxylation sites is 1. The number of hydrogen-bond donors (Lipinski definition) is 1. The Morgan fingerprint density at radius 1 is 1.25 bits per heavy atom. The normalized spacial score (nSPS) is 16.5. The second kappa shape index (κ2) is 7.75. The van der Waals surface area contributed by atoms with Crippen LogP contribution in [-0.4, -0.2) is 32.2 Å². The Bertz CT molecular complexity index is 1010. The molecule has 146 valence electrons. The average molecular weight is 398 g/mol. The molecule has 1 N–H and O–H groups in total. The summed E-state index contributed by atoms with van der Waals surface area (Å²) < 4.78 is 35.8. The lowest BCUT2D eigenvalue weighted by Gasteiger charge is -2.19. The lowest BCUT2D eigenvalue weighted by atomic mass is 10.2. The number of nitrogens with zero attached hydrogens (tertiary/aromatic N) is 3. The molecule has 1 aliphatic rings. The molecule has 1 aromatic heterocycles. The predicted molar refractivity (Wildman–Crippen MR) is 106 cm³/mol. The number of sulfonamides is 1. The molecule has 1 atom stereocenters. The maximum Gasteiger partial charge on any atom is 0.184 e. The van der Waals surface area contributed by atoms with E-state index in [-0.39, 0.29) is 4.90 Å². The zero-order valence-corrected chi connectivity index (χ0v) is 16.4. The molecule has 2 heterocycles. The fourth-order valence-corrected chi connectivity index (χ4v) is 4.25. The van der Waals surface area contributed by atoms with Gasteiger partial charge in [0.15, 0.2) is 15.3 Å². The molecule has 0 bridgehead atoms. The van der Waals surface area contributed by atoms with Crippen molar-refractivity contribution in [3.05, 3.63) is 72.3 Å². The van der Waals surface area contributed by atoms with Crippen LogP contribution in [0.15, 0.2) is 65.8 Å². The van der Waals surface area contributed by atoms with Crippen molar-refractivity contribution in [3.63, 3.8) is 0 Å². The SMILES string of the molecule is Cn1ccnc1CN1CCOc2cc([S+](=O)([O-])Nc3ccccc3)ccc2C1. The summed E-state index contributed by atoms with van der Waals surface area (Å²) in [6.07, 6.45) is 3.71. The standard InChI is InChI=1S/C20H22N4O3S/c1-23-10-9-21-20(23)15-24-11-12-27-19-13-18(8-7-16(19)14-24)28(25,26)22-17-5-3-2-4-6-17/h2-10,13H,11-12,14-15H2,1H3,(H-,22,25,26). The lowest BCUT2D eigenvalue weighted by Crippen LogP contribution is -2.26. The Kier molecular flexibility index (Phi) is 5.17. The third-order valence-electron chi connectivity index (χ3n) is 4.72. The second-order valence-corrected chi connectivity index (χ2v) is 8.44. The van der Waals surface area contributed by atoms with Gasteiger partial charge in [0, 0.05) is 44.2 Å². The Hall–Kier alpha value is -2.68. The Morgan fingerprint density at radius 2 is 2.07 bits per heavy atom. The van der Waals surface area contributed by atoms with E-state index in [2.05, 4.69) is 14.6 Å². The number of imidazole rings is 1. The van der Waals surface area contributed by atoms with Gasteiger partial charge in [0.2, 0.25) is 0 Å². The molecule has 0 saturated heterocycles. The van der Waals surface area contributed by atoms with Crippen LogP contribution < -0.4 is 9.46 Å². The molecule has 4 rings (SSSR count). The van der Waals surface area contributed by atoms with Crippen LogP contribution in [0.2, 0.25) is 0 Å². The van der Waals surface area contributed by atoms with Gasteiger partial charge in [0.1, 0.15) is 18.2 Å². The summed E-state index contributed by atoms with van der Waals surface area (Å²) in [6, 6.07) is 13.9. The molecule has 8 heteroatoms. The van der Waals surface area contributed by atoms with E-state index >= 15 is 0 Å². The summed E-state index contributed by atoms with van der Waals surface area (Å²) in [5.41, 5.74) is 1.49. The molecule has 0 fully saturated rings. The number of hydrogen-bond acceptors (Lipinski definition) is 5. The van der Waals surface area contributed by atoms with E-state index < -0.39 is 10.4 Å². The van der Waals surface area contributed by atoms with Gasteiger partial charge in [0.05, 0.1) is 12.2 Å². The maximum atomic E-state index is 12.7. The topological polar surface area (TPSA) is 82.5 Å². The fourth-order valence-electron chi connectivity index (χ4n) is 3.18. The van der Waals surface area contributed by atoms with E-state index in [1.807, 2.05) is 29.9 Å². The summed E-state index contributed by atoms with van der Waals surface area (Å²) in [5, 5.41) is 0. The summed E-state index contributed by atoms with van der Waals surface area (Å²) >= 11 is 0. The van der Waals surface area contributed by atoms with Gasteiger partial charge in [-0.1, -0.05) is 22.4 Å². The van der Waals surface area contributed by atoms with Crippen LogP contribution in [-0.2, 0) is 34.7 Å². The quantitative estimate of drug-likeness (QED) is 0.669. The van der Waals surface area contributed by atoms with Crippen molar-refractivity contribution in [2.45, 2.75) is 18.0 Å². The van der Waals surface area contributed by atoms with E-state index in [1.165, 1.54) is 0 Å². The zero-order chi connectivity index (χ0) is 19.6. The van der Waals surface area contributed by atoms with Crippen molar-refractivity contribution in [2.75, 3.05) is 17.9 Å². The summed E-state index contributed by atoms with van der Waals surface area (Å²) in [5.74, 6) is 1.59. The number of fused-ring (bicyclic) bond motifs is 1. The van der Waals surface area contributed by atoms with E-state index in [0.717, 1.165) is 17.9 Å².